The van der Waals surface area contributed by atoms with Crippen LogP contribution in [-0.4, -0.2) is 21.5 Å². The van der Waals surface area contributed by atoms with Gasteiger partial charge in [0.2, 0.25) is 5.88 Å². The summed E-state index contributed by atoms with van der Waals surface area (Å²) in [4.78, 5) is 43.2. The minimum Gasteiger partial charge on any atom is -0.443 e. The molecule has 2 aromatic carbocycles. The molecule has 0 bridgehead atoms. The number of benzene rings is 2. The Morgan fingerprint density at radius 1 is 0.974 bits per heavy atom. The molecule has 1 aliphatic heterocycles. The monoisotopic (exact) mass is 508 g/mol. The summed E-state index contributed by atoms with van der Waals surface area (Å²) in [5, 5.41) is 11.6. The molecule has 7 heteroatoms. The number of Topliss-reactive ketones (excluding diaryl/α,β-unsaturated/α-hetero) is 2. The second-order valence-electron chi connectivity index (χ2n) is 11.4. The molecule has 0 N–H and O–H groups in total. The summed E-state index contributed by atoms with van der Waals surface area (Å²) < 4.78 is 6.40. The van der Waals surface area contributed by atoms with Gasteiger partial charge in [-0.25, -0.2) is 4.98 Å². The molecule has 2 atom stereocenters. The Morgan fingerprint density at radius 2 is 1.71 bits per heavy atom. The van der Waals surface area contributed by atoms with Gasteiger partial charge in [0.1, 0.15) is 5.76 Å². The number of carbonyl (C=O) groups excluding carboxylic acids is 2. The third kappa shape index (κ3) is 3.93. The number of rotatable bonds is 3. The van der Waals surface area contributed by atoms with Crippen LogP contribution in [0.15, 0.2) is 65.9 Å². The van der Waals surface area contributed by atoms with Crippen molar-refractivity contribution < 1.29 is 19.2 Å². The lowest BCUT2D eigenvalue weighted by Crippen LogP contribution is -2.34. The second kappa shape index (κ2) is 8.72. The van der Waals surface area contributed by atoms with Gasteiger partial charge in [-0.3, -0.25) is 19.7 Å². The van der Waals surface area contributed by atoms with Gasteiger partial charge < -0.3 is 4.74 Å². The van der Waals surface area contributed by atoms with E-state index in [0.29, 0.717) is 65.3 Å². The van der Waals surface area contributed by atoms with Crippen molar-refractivity contribution in [2.24, 2.45) is 5.41 Å². The number of hydrogen-bond donors (Lipinski definition) is 0. The number of carbonyl (C=O) groups is 2. The molecule has 3 aromatic rings. The first-order valence-corrected chi connectivity index (χ1v) is 12.9. The molecule has 0 spiro atoms. The molecule has 0 saturated heterocycles. The highest BCUT2D eigenvalue weighted by Crippen LogP contribution is 2.52. The number of nitro groups is 1. The van der Waals surface area contributed by atoms with Gasteiger partial charge in [0.25, 0.3) is 5.69 Å². The summed E-state index contributed by atoms with van der Waals surface area (Å²) >= 11 is 0. The highest BCUT2D eigenvalue weighted by molar-refractivity contribution is 6.02. The van der Waals surface area contributed by atoms with Gasteiger partial charge in [0, 0.05) is 54.0 Å². The number of pyridine rings is 1. The summed E-state index contributed by atoms with van der Waals surface area (Å²) in [6.07, 6.45) is 1.90. The van der Waals surface area contributed by atoms with E-state index in [2.05, 4.69) is 0 Å². The average Bonchev–Trinajstić information content (AvgIpc) is 2.87. The topological polar surface area (TPSA) is 99.4 Å². The Kier molecular flexibility index (Phi) is 5.56. The molecule has 0 radical (unpaired) electrons. The zero-order valence-corrected chi connectivity index (χ0v) is 21.6. The lowest BCUT2D eigenvalue weighted by molar-refractivity contribution is -0.384. The predicted octanol–water partition coefficient (Wildman–Crippen LogP) is 6.38. The summed E-state index contributed by atoms with van der Waals surface area (Å²) in [6.45, 7) is 5.95. The fraction of sp³-hybridized carbons (Fsp3) is 0.323. The van der Waals surface area contributed by atoms with E-state index in [0.717, 1.165) is 11.1 Å². The second-order valence-corrected chi connectivity index (χ2v) is 11.4. The van der Waals surface area contributed by atoms with Gasteiger partial charge >= 0.3 is 0 Å². The van der Waals surface area contributed by atoms with Gasteiger partial charge in [0.15, 0.2) is 11.6 Å². The van der Waals surface area contributed by atoms with Gasteiger partial charge in [0.05, 0.1) is 10.6 Å². The summed E-state index contributed by atoms with van der Waals surface area (Å²) in [5.41, 5.74) is 4.60. The third-order valence-corrected chi connectivity index (χ3v) is 8.05. The molecule has 1 aromatic heterocycles. The van der Waals surface area contributed by atoms with Gasteiger partial charge in [-0.15, -0.1) is 0 Å². The van der Waals surface area contributed by atoms with E-state index in [9.17, 15) is 19.7 Å². The van der Waals surface area contributed by atoms with Gasteiger partial charge in [-0.2, -0.15) is 0 Å². The van der Waals surface area contributed by atoms with Crippen LogP contribution in [0.3, 0.4) is 0 Å². The van der Waals surface area contributed by atoms with Crippen LogP contribution in [0.2, 0.25) is 0 Å². The van der Waals surface area contributed by atoms with Crippen molar-refractivity contribution in [3.63, 3.8) is 0 Å². The van der Waals surface area contributed by atoms with Crippen LogP contribution in [0.4, 0.5) is 5.69 Å². The van der Waals surface area contributed by atoms with Gasteiger partial charge in [-0.05, 0) is 41.4 Å². The smallest absolute Gasteiger partial charge is 0.269 e. The van der Waals surface area contributed by atoms with E-state index >= 15 is 0 Å². The number of nitrogens with zero attached hydrogens (tertiary/aromatic N) is 2. The quantitative estimate of drug-likeness (QED) is 0.301. The largest absolute Gasteiger partial charge is 0.443 e. The predicted molar refractivity (Wildman–Crippen MR) is 141 cm³/mol. The van der Waals surface area contributed by atoms with Crippen molar-refractivity contribution in [2.45, 2.75) is 58.3 Å². The average molecular weight is 509 g/mol. The van der Waals surface area contributed by atoms with E-state index in [4.69, 9.17) is 9.72 Å². The summed E-state index contributed by atoms with van der Waals surface area (Å²) in [6, 6.07) is 16.4. The van der Waals surface area contributed by atoms with E-state index in [1.807, 2.05) is 51.1 Å². The Labute approximate surface area is 220 Å². The number of ketones is 2. The van der Waals surface area contributed by atoms with Crippen LogP contribution >= 0.6 is 0 Å². The minimum absolute atomic E-state index is 0.0153. The standard InChI is InChI=1S/C31H28N2O5/c1-17-26-22(13-20(14-23(26)34)18-8-5-4-6-9-18)32-30-27(17)28(19-10-7-11-21(12-19)33(36)37)29-24(35)15-31(2,3)16-25(29)38-30/h4-12,20,28H,13-16H2,1-3H3. The van der Waals surface area contributed by atoms with Crippen molar-refractivity contribution in [3.8, 4) is 5.88 Å². The molecule has 2 unspecified atom stereocenters. The van der Waals surface area contributed by atoms with Crippen LogP contribution in [0.25, 0.3) is 0 Å². The maximum absolute atomic E-state index is 13.6. The van der Waals surface area contributed by atoms with Crippen molar-refractivity contribution in [1.29, 1.82) is 0 Å². The zero-order chi connectivity index (χ0) is 26.8. The molecule has 0 fully saturated rings. The molecule has 6 rings (SSSR count). The minimum atomic E-state index is -0.588. The van der Waals surface area contributed by atoms with E-state index in [1.54, 1.807) is 12.1 Å². The maximum Gasteiger partial charge on any atom is 0.269 e. The summed E-state index contributed by atoms with van der Waals surface area (Å²) in [7, 11) is 0. The molecule has 0 amide bonds. The fourth-order valence-electron chi connectivity index (χ4n) is 6.38. The van der Waals surface area contributed by atoms with Crippen molar-refractivity contribution in [2.75, 3.05) is 0 Å². The number of nitro benzene ring substituents is 1. The third-order valence-electron chi connectivity index (χ3n) is 8.05. The molecule has 2 aliphatic carbocycles. The molecule has 0 saturated carbocycles. The Hall–Kier alpha value is -4.13. The van der Waals surface area contributed by atoms with Crippen LogP contribution in [0.5, 0.6) is 5.88 Å². The van der Waals surface area contributed by atoms with E-state index in [-0.39, 0.29) is 28.6 Å². The van der Waals surface area contributed by atoms with Crippen LogP contribution in [-0.2, 0) is 11.2 Å². The van der Waals surface area contributed by atoms with Crippen molar-refractivity contribution in [3.05, 3.63) is 110 Å². The first-order chi connectivity index (χ1) is 18.1. The van der Waals surface area contributed by atoms with Crippen LogP contribution < -0.4 is 4.74 Å². The number of allylic oxidation sites excluding steroid dienone is 2. The molecular weight excluding hydrogens is 480 g/mol. The Bertz CT molecular complexity index is 1550. The summed E-state index contributed by atoms with van der Waals surface area (Å²) in [5.74, 6) is 0.386. The number of non-ortho nitro benzene ring substituents is 1. The number of aromatic nitrogens is 1. The van der Waals surface area contributed by atoms with Crippen LogP contribution in [0, 0.1) is 22.5 Å². The molecular formula is C31H28N2O5. The first kappa shape index (κ1) is 24.2. The van der Waals surface area contributed by atoms with Crippen molar-refractivity contribution >= 4 is 17.3 Å². The molecule has 3 aliphatic rings. The number of ether oxygens (including phenoxy) is 1. The highest BCUT2D eigenvalue weighted by atomic mass is 16.6. The van der Waals surface area contributed by atoms with E-state index in [1.165, 1.54) is 12.1 Å². The zero-order valence-electron chi connectivity index (χ0n) is 21.6. The number of hydrogen-bond acceptors (Lipinski definition) is 6. The molecule has 2 heterocycles. The maximum atomic E-state index is 13.6. The van der Waals surface area contributed by atoms with E-state index < -0.39 is 10.8 Å². The van der Waals surface area contributed by atoms with Gasteiger partial charge in [-0.1, -0.05) is 56.3 Å². The Balaban J connectivity index is 1.55. The lowest BCUT2D eigenvalue weighted by atomic mass is 9.69. The van der Waals surface area contributed by atoms with Crippen molar-refractivity contribution in [1.82, 2.24) is 4.98 Å². The molecule has 192 valence electrons. The molecule has 7 nitrogen and oxygen atoms in total. The lowest BCUT2D eigenvalue weighted by Gasteiger charge is -2.39. The molecule has 38 heavy (non-hydrogen) atoms. The van der Waals surface area contributed by atoms with Crippen LogP contribution in [0.1, 0.15) is 83.3 Å². The highest BCUT2D eigenvalue weighted by Gasteiger charge is 2.45. The number of fused-ring (bicyclic) bond motifs is 2. The SMILES string of the molecule is Cc1c2c(nc3c1C(c1cccc([N+](=O)[O-])c1)C1=C(CC(C)(C)CC1=O)O3)CC(c1ccccc1)CC2=O. The fourth-order valence-corrected chi connectivity index (χ4v) is 6.38. The Morgan fingerprint density at radius 3 is 2.45 bits per heavy atom. The first-order valence-electron chi connectivity index (χ1n) is 12.9. The normalized spacial score (nSPS) is 21.8.